The zero-order valence-corrected chi connectivity index (χ0v) is 10.2. The Morgan fingerprint density at radius 1 is 1.47 bits per heavy atom. The third-order valence-corrected chi connectivity index (χ3v) is 2.89. The molecule has 1 aliphatic heterocycles. The van der Waals surface area contributed by atoms with Crippen LogP contribution in [0.15, 0.2) is 31.0 Å². The van der Waals surface area contributed by atoms with Gasteiger partial charge in [0, 0.05) is 6.61 Å². The molecule has 0 aliphatic carbocycles. The molecule has 1 amide bonds. The van der Waals surface area contributed by atoms with Gasteiger partial charge in [-0.25, -0.2) is 14.6 Å². The van der Waals surface area contributed by atoms with Crippen molar-refractivity contribution in [2.24, 2.45) is 0 Å². The lowest BCUT2D eigenvalue weighted by Gasteiger charge is -2.10. The highest BCUT2D eigenvalue weighted by Gasteiger charge is 2.23. The zero-order chi connectivity index (χ0) is 13.1. The number of carbonyl (C=O) groups excluding carboxylic acids is 1. The van der Waals surface area contributed by atoms with Gasteiger partial charge in [-0.2, -0.15) is 5.10 Å². The molecule has 3 heterocycles. The molecular formula is C12H13N5O2. The van der Waals surface area contributed by atoms with Crippen LogP contribution in [0.25, 0.3) is 5.82 Å². The molecule has 1 aliphatic rings. The van der Waals surface area contributed by atoms with Crippen molar-refractivity contribution in [2.75, 3.05) is 11.9 Å². The Labute approximate surface area is 109 Å². The van der Waals surface area contributed by atoms with Crippen LogP contribution in [0.3, 0.4) is 0 Å². The number of hydrogen-bond donors (Lipinski definition) is 1. The van der Waals surface area contributed by atoms with Crippen LogP contribution >= 0.6 is 0 Å². The third kappa shape index (κ3) is 2.60. The number of carbonyl (C=O) groups is 1. The summed E-state index contributed by atoms with van der Waals surface area (Å²) in [4.78, 5) is 19.9. The van der Waals surface area contributed by atoms with Gasteiger partial charge in [-0.1, -0.05) is 0 Å². The highest BCUT2D eigenvalue weighted by atomic mass is 16.5. The van der Waals surface area contributed by atoms with E-state index in [0.717, 1.165) is 12.8 Å². The van der Waals surface area contributed by atoms with E-state index in [2.05, 4.69) is 20.4 Å². The molecule has 1 atom stereocenters. The predicted molar refractivity (Wildman–Crippen MR) is 66.8 cm³/mol. The first-order valence-corrected chi connectivity index (χ1v) is 6.06. The molecule has 19 heavy (non-hydrogen) atoms. The number of aromatic nitrogens is 4. The Hall–Kier alpha value is -2.28. The van der Waals surface area contributed by atoms with Crippen LogP contribution in [0.5, 0.6) is 0 Å². The number of nitrogens with zero attached hydrogens (tertiary/aromatic N) is 4. The summed E-state index contributed by atoms with van der Waals surface area (Å²) in [5, 5.41) is 6.76. The van der Waals surface area contributed by atoms with Crippen LogP contribution in [0.4, 0.5) is 5.69 Å². The van der Waals surface area contributed by atoms with E-state index in [0.29, 0.717) is 18.1 Å². The smallest absolute Gasteiger partial charge is 0.253 e. The first-order chi connectivity index (χ1) is 9.33. The summed E-state index contributed by atoms with van der Waals surface area (Å²) in [6.07, 6.45) is 5.96. The van der Waals surface area contributed by atoms with Gasteiger partial charge >= 0.3 is 0 Å². The number of nitrogens with one attached hydrogen (secondary N) is 1. The van der Waals surface area contributed by atoms with Crippen molar-refractivity contribution >= 4 is 11.6 Å². The number of pyridine rings is 1. The molecule has 7 heteroatoms. The topological polar surface area (TPSA) is 81.9 Å². The highest BCUT2D eigenvalue weighted by molar-refractivity contribution is 5.94. The number of ether oxygens (including phenoxy) is 1. The first kappa shape index (κ1) is 11.8. The molecule has 7 nitrogen and oxygen atoms in total. The lowest BCUT2D eigenvalue weighted by atomic mass is 10.2. The fourth-order valence-electron chi connectivity index (χ4n) is 1.93. The minimum Gasteiger partial charge on any atom is -0.368 e. The normalized spacial score (nSPS) is 18.4. The molecule has 0 saturated carbocycles. The lowest BCUT2D eigenvalue weighted by Crippen LogP contribution is -2.26. The number of rotatable bonds is 3. The second kappa shape index (κ2) is 5.15. The lowest BCUT2D eigenvalue weighted by molar-refractivity contribution is -0.124. The van der Waals surface area contributed by atoms with E-state index in [1.165, 1.54) is 6.33 Å². The van der Waals surface area contributed by atoms with E-state index in [1.807, 2.05) is 0 Å². The Balaban J connectivity index is 1.67. The van der Waals surface area contributed by atoms with Gasteiger partial charge in [-0.3, -0.25) is 4.79 Å². The van der Waals surface area contributed by atoms with Crippen molar-refractivity contribution in [3.63, 3.8) is 0 Å². The van der Waals surface area contributed by atoms with Crippen molar-refractivity contribution in [3.8, 4) is 5.82 Å². The summed E-state index contributed by atoms with van der Waals surface area (Å²) in [5.41, 5.74) is 0.643. The van der Waals surface area contributed by atoms with Crippen molar-refractivity contribution in [1.82, 2.24) is 19.7 Å². The molecule has 1 saturated heterocycles. The monoisotopic (exact) mass is 259 g/mol. The number of anilines is 1. The minimum absolute atomic E-state index is 0.118. The first-order valence-electron chi connectivity index (χ1n) is 6.06. The molecule has 0 aromatic carbocycles. The van der Waals surface area contributed by atoms with Crippen LogP contribution in [0.1, 0.15) is 12.8 Å². The molecule has 1 fully saturated rings. The van der Waals surface area contributed by atoms with Gasteiger partial charge in [0.25, 0.3) is 5.91 Å². The summed E-state index contributed by atoms with van der Waals surface area (Å²) >= 11 is 0. The number of hydrogen-bond acceptors (Lipinski definition) is 5. The molecule has 0 spiro atoms. The number of amides is 1. The predicted octanol–water partition coefficient (Wildman–Crippen LogP) is 0.780. The van der Waals surface area contributed by atoms with Crippen molar-refractivity contribution in [3.05, 3.63) is 31.0 Å². The van der Waals surface area contributed by atoms with Gasteiger partial charge in [-0.15, -0.1) is 0 Å². The molecular weight excluding hydrogens is 246 g/mol. The Kier molecular flexibility index (Phi) is 3.20. The maximum atomic E-state index is 11.8. The van der Waals surface area contributed by atoms with Crippen molar-refractivity contribution in [1.29, 1.82) is 0 Å². The van der Waals surface area contributed by atoms with E-state index in [9.17, 15) is 4.79 Å². The summed E-state index contributed by atoms with van der Waals surface area (Å²) in [6, 6.07) is 3.54. The molecule has 3 rings (SSSR count). The van der Waals surface area contributed by atoms with Crippen LogP contribution in [0, 0.1) is 0 Å². The van der Waals surface area contributed by atoms with Crippen LogP contribution in [-0.2, 0) is 9.53 Å². The Morgan fingerprint density at radius 2 is 2.42 bits per heavy atom. The van der Waals surface area contributed by atoms with E-state index in [1.54, 1.807) is 29.3 Å². The van der Waals surface area contributed by atoms with E-state index in [4.69, 9.17) is 4.74 Å². The standard InChI is InChI=1S/C12H13N5O2/c18-12(10-2-1-5-19-10)16-9-3-4-11(14-6-9)17-8-13-7-15-17/h3-4,6-8,10H,1-2,5H2,(H,16,18). The molecule has 2 aromatic heterocycles. The fraction of sp³-hybridized carbons (Fsp3) is 0.333. The van der Waals surface area contributed by atoms with Gasteiger partial charge < -0.3 is 10.1 Å². The van der Waals surface area contributed by atoms with E-state index >= 15 is 0 Å². The summed E-state index contributed by atoms with van der Waals surface area (Å²) < 4.78 is 6.86. The molecule has 98 valence electrons. The zero-order valence-electron chi connectivity index (χ0n) is 10.2. The van der Waals surface area contributed by atoms with E-state index < -0.39 is 0 Å². The highest BCUT2D eigenvalue weighted by Crippen LogP contribution is 2.15. The Bertz CT molecular complexity index is 546. The largest absolute Gasteiger partial charge is 0.368 e. The van der Waals surface area contributed by atoms with Gasteiger partial charge in [0.2, 0.25) is 0 Å². The Morgan fingerprint density at radius 3 is 3.05 bits per heavy atom. The minimum atomic E-state index is -0.338. The van der Waals surface area contributed by atoms with Crippen molar-refractivity contribution < 1.29 is 9.53 Å². The molecule has 0 radical (unpaired) electrons. The fourth-order valence-corrected chi connectivity index (χ4v) is 1.93. The second-order valence-corrected chi connectivity index (χ2v) is 4.24. The second-order valence-electron chi connectivity index (χ2n) is 4.24. The van der Waals surface area contributed by atoms with Crippen LogP contribution in [-0.4, -0.2) is 38.4 Å². The van der Waals surface area contributed by atoms with Crippen LogP contribution in [0.2, 0.25) is 0 Å². The molecule has 1 N–H and O–H groups in total. The van der Waals surface area contributed by atoms with Crippen LogP contribution < -0.4 is 5.32 Å². The molecule has 2 aromatic rings. The SMILES string of the molecule is O=C(Nc1ccc(-n2cncn2)nc1)C1CCCO1. The van der Waals surface area contributed by atoms with Gasteiger partial charge in [-0.05, 0) is 25.0 Å². The van der Waals surface area contributed by atoms with Gasteiger partial charge in [0.05, 0.1) is 11.9 Å². The third-order valence-electron chi connectivity index (χ3n) is 2.89. The summed E-state index contributed by atoms with van der Waals surface area (Å²) in [6.45, 7) is 0.654. The van der Waals surface area contributed by atoms with E-state index in [-0.39, 0.29) is 12.0 Å². The summed E-state index contributed by atoms with van der Waals surface area (Å²) in [5.74, 6) is 0.528. The van der Waals surface area contributed by atoms with Gasteiger partial charge in [0.15, 0.2) is 5.82 Å². The molecule has 0 bridgehead atoms. The maximum absolute atomic E-state index is 11.8. The van der Waals surface area contributed by atoms with Gasteiger partial charge in [0.1, 0.15) is 18.8 Å². The molecule has 1 unspecified atom stereocenters. The average molecular weight is 259 g/mol. The summed E-state index contributed by atoms with van der Waals surface area (Å²) in [7, 11) is 0. The van der Waals surface area contributed by atoms with Crippen molar-refractivity contribution in [2.45, 2.75) is 18.9 Å². The average Bonchev–Trinajstić information content (AvgIpc) is 3.13. The maximum Gasteiger partial charge on any atom is 0.253 e. The quantitative estimate of drug-likeness (QED) is 0.880.